The van der Waals surface area contributed by atoms with Crippen LogP contribution in [-0.4, -0.2) is 30.1 Å². The van der Waals surface area contributed by atoms with Crippen LogP contribution in [0, 0.1) is 0 Å². The lowest BCUT2D eigenvalue weighted by atomic mass is 10.0. The predicted octanol–water partition coefficient (Wildman–Crippen LogP) is 3.99. The molecule has 0 spiro atoms. The summed E-state index contributed by atoms with van der Waals surface area (Å²) in [6.07, 6.45) is -3.40. The highest BCUT2D eigenvalue weighted by atomic mass is 19.4. The smallest absolute Gasteiger partial charge is 0.404 e. The number of carboxylic acid groups (broad SMARTS) is 1. The molecule has 0 bridgehead atoms. The van der Waals surface area contributed by atoms with E-state index in [1.54, 1.807) is 0 Å². The SMILES string of the molecule is C=C/C(=C\C(=C/CC(F)(F)F)CC(C)NC(=O)O)CF. The molecular weight excluding hydrogens is 278 g/mol. The second-order valence-electron chi connectivity index (χ2n) is 4.21. The molecule has 114 valence electrons. The van der Waals surface area contributed by atoms with E-state index in [-0.39, 0.29) is 17.6 Å². The largest absolute Gasteiger partial charge is 0.465 e. The van der Waals surface area contributed by atoms with Crippen LogP contribution >= 0.6 is 0 Å². The zero-order chi connectivity index (χ0) is 15.8. The van der Waals surface area contributed by atoms with Crippen molar-refractivity contribution in [3.8, 4) is 0 Å². The Kier molecular flexibility index (Phi) is 7.64. The molecule has 1 unspecified atom stereocenters. The van der Waals surface area contributed by atoms with Crippen LogP contribution in [0.5, 0.6) is 0 Å². The molecular formula is C13H17F4NO2. The van der Waals surface area contributed by atoms with Crippen LogP contribution in [0.1, 0.15) is 19.8 Å². The van der Waals surface area contributed by atoms with E-state index in [4.69, 9.17) is 5.11 Å². The zero-order valence-electron chi connectivity index (χ0n) is 11.0. The van der Waals surface area contributed by atoms with Crippen molar-refractivity contribution in [3.05, 3.63) is 36.0 Å². The van der Waals surface area contributed by atoms with Crippen LogP contribution in [0.4, 0.5) is 22.4 Å². The van der Waals surface area contributed by atoms with Crippen molar-refractivity contribution < 1.29 is 27.5 Å². The van der Waals surface area contributed by atoms with E-state index in [0.717, 1.165) is 6.08 Å². The first-order valence-corrected chi connectivity index (χ1v) is 5.82. The van der Waals surface area contributed by atoms with E-state index in [1.165, 1.54) is 19.1 Å². The fraction of sp³-hybridized carbons (Fsp3) is 0.462. The van der Waals surface area contributed by atoms with Crippen molar-refractivity contribution in [1.29, 1.82) is 0 Å². The maximum Gasteiger partial charge on any atom is 0.404 e. The van der Waals surface area contributed by atoms with Gasteiger partial charge in [0.05, 0.1) is 6.42 Å². The minimum Gasteiger partial charge on any atom is -0.465 e. The standard InChI is InChI=1S/C13H17F4NO2/c1-3-10(8-14)7-11(4-5-13(15,16)17)6-9(2)18-12(19)20/h3-4,7,9,18H,1,5-6,8H2,2H3,(H,19,20)/b10-7+,11-4-. The summed E-state index contributed by atoms with van der Waals surface area (Å²) in [5.74, 6) is 0. The van der Waals surface area contributed by atoms with Gasteiger partial charge in [0, 0.05) is 6.04 Å². The van der Waals surface area contributed by atoms with Gasteiger partial charge in [-0.3, -0.25) is 0 Å². The third-order valence-electron chi connectivity index (χ3n) is 2.29. The fourth-order valence-electron chi connectivity index (χ4n) is 1.45. The lowest BCUT2D eigenvalue weighted by Gasteiger charge is -2.13. The number of alkyl halides is 4. The van der Waals surface area contributed by atoms with Gasteiger partial charge >= 0.3 is 12.3 Å². The average Bonchev–Trinajstić information content (AvgIpc) is 2.30. The van der Waals surface area contributed by atoms with E-state index >= 15 is 0 Å². The van der Waals surface area contributed by atoms with E-state index < -0.39 is 31.4 Å². The van der Waals surface area contributed by atoms with E-state index in [2.05, 4.69) is 11.9 Å². The number of hydrogen-bond donors (Lipinski definition) is 2. The van der Waals surface area contributed by atoms with Crippen LogP contribution < -0.4 is 5.32 Å². The Bertz CT molecular complexity index is 400. The summed E-state index contributed by atoms with van der Waals surface area (Å²) in [6.45, 7) is 4.01. The topological polar surface area (TPSA) is 49.3 Å². The lowest BCUT2D eigenvalue weighted by Crippen LogP contribution is -2.31. The molecule has 20 heavy (non-hydrogen) atoms. The molecule has 0 saturated carbocycles. The Labute approximate surface area is 114 Å². The number of carbonyl (C=O) groups is 1. The summed E-state index contributed by atoms with van der Waals surface area (Å²) >= 11 is 0. The third-order valence-corrected chi connectivity index (χ3v) is 2.29. The van der Waals surface area contributed by atoms with E-state index in [9.17, 15) is 22.4 Å². The Morgan fingerprint density at radius 3 is 2.40 bits per heavy atom. The van der Waals surface area contributed by atoms with Gasteiger partial charge in [-0.2, -0.15) is 13.2 Å². The fourth-order valence-corrected chi connectivity index (χ4v) is 1.45. The lowest BCUT2D eigenvalue weighted by molar-refractivity contribution is -0.125. The molecule has 1 atom stereocenters. The molecule has 0 aromatic rings. The molecule has 0 saturated heterocycles. The molecule has 0 radical (unpaired) electrons. The van der Waals surface area contributed by atoms with Gasteiger partial charge in [-0.15, -0.1) is 0 Å². The van der Waals surface area contributed by atoms with E-state index in [1.807, 2.05) is 0 Å². The molecule has 0 rings (SSSR count). The van der Waals surface area contributed by atoms with Gasteiger partial charge < -0.3 is 10.4 Å². The summed E-state index contributed by atoms with van der Waals surface area (Å²) < 4.78 is 49.1. The predicted molar refractivity (Wildman–Crippen MR) is 68.2 cm³/mol. The van der Waals surface area contributed by atoms with Gasteiger partial charge in [0.1, 0.15) is 6.67 Å². The number of rotatable bonds is 7. The highest BCUT2D eigenvalue weighted by Crippen LogP contribution is 2.22. The summed E-state index contributed by atoms with van der Waals surface area (Å²) in [6, 6.07) is -0.589. The Hall–Kier alpha value is -1.79. The van der Waals surface area contributed by atoms with Crippen molar-refractivity contribution in [2.75, 3.05) is 6.67 Å². The summed E-state index contributed by atoms with van der Waals surface area (Å²) in [5, 5.41) is 10.7. The van der Waals surface area contributed by atoms with Gasteiger partial charge in [0.15, 0.2) is 0 Å². The quantitative estimate of drug-likeness (QED) is 0.551. The van der Waals surface area contributed by atoms with Crippen LogP contribution in [0.3, 0.4) is 0 Å². The molecule has 3 nitrogen and oxygen atoms in total. The summed E-state index contributed by atoms with van der Waals surface area (Å²) in [5.41, 5.74) is 0.345. The van der Waals surface area contributed by atoms with Crippen LogP contribution in [0.2, 0.25) is 0 Å². The molecule has 0 aromatic heterocycles. The maximum atomic E-state index is 12.5. The minimum absolute atomic E-state index is 0.0275. The van der Waals surface area contributed by atoms with Crippen molar-refractivity contribution in [1.82, 2.24) is 5.32 Å². The second kappa shape index (κ2) is 8.39. The molecule has 0 aliphatic heterocycles. The summed E-state index contributed by atoms with van der Waals surface area (Å²) in [4.78, 5) is 10.4. The molecule has 0 fully saturated rings. The number of halogens is 4. The Morgan fingerprint density at radius 1 is 1.40 bits per heavy atom. The molecule has 0 aliphatic carbocycles. The van der Waals surface area contributed by atoms with Crippen LogP contribution in [0.25, 0.3) is 0 Å². The molecule has 2 N–H and O–H groups in total. The normalized spacial score (nSPS) is 14.8. The van der Waals surface area contributed by atoms with Crippen molar-refractivity contribution in [2.45, 2.75) is 32.0 Å². The number of hydrogen-bond acceptors (Lipinski definition) is 1. The first-order chi connectivity index (χ1) is 9.17. The molecule has 0 heterocycles. The Morgan fingerprint density at radius 2 is 2.00 bits per heavy atom. The summed E-state index contributed by atoms with van der Waals surface area (Å²) in [7, 11) is 0. The first kappa shape index (κ1) is 18.2. The van der Waals surface area contributed by atoms with Gasteiger partial charge in [-0.1, -0.05) is 24.8 Å². The zero-order valence-corrected chi connectivity index (χ0v) is 11.0. The average molecular weight is 295 g/mol. The minimum atomic E-state index is -4.37. The van der Waals surface area contributed by atoms with Gasteiger partial charge in [-0.05, 0) is 24.5 Å². The third kappa shape index (κ3) is 9.18. The second-order valence-corrected chi connectivity index (χ2v) is 4.21. The highest BCUT2D eigenvalue weighted by molar-refractivity contribution is 5.64. The van der Waals surface area contributed by atoms with Crippen molar-refractivity contribution >= 4 is 6.09 Å². The molecule has 1 amide bonds. The number of allylic oxidation sites excluding steroid dienone is 4. The number of amides is 1. The van der Waals surface area contributed by atoms with Gasteiger partial charge in [0.2, 0.25) is 0 Å². The maximum absolute atomic E-state index is 12.5. The monoisotopic (exact) mass is 295 g/mol. The van der Waals surface area contributed by atoms with E-state index in [0.29, 0.717) is 0 Å². The molecule has 7 heteroatoms. The molecule has 0 aromatic carbocycles. The van der Waals surface area contributed by atoms with Crippen molar-refractivity contribution in [2.24, 2.45) is 0 Å². The first-order valence-electron chi connectivity index (χ1n) is 5.82. The van der Waals surface area contributed by atoms with Gasteiger partial charge in [0.25, 0.3) is 0 Å². The number of nitrogens with one attached hydrogen (secondary N) is 1. The molecule has 0 aliphatic rings. The van der Waals surface area contributed by atoms with Crippen molar-refractivity contribution in [3.63, 3.8) is 0 Å². The Balaban J connectivity index is 5.01. The van der Waals surface area contributed by atoms with Crippen LogP contribution in [0.15, 0.2) is 36.0 Å². The highest BCUT2D eigenvalue weighted by Gasteiger charge is 2.25. The van der Waals surface area contributed by atoms with Gasteiger partial charge in [-0.25, -0.2) is 9.18 Å². The van der Waals surface area contributed by atoms with Crippen LogP contribution in [-0.2, 0) is 0 Å².